The Bertz CT molecular complexity index is 720. The number of aromatic nitrogens is 2. The van der Waals surface area contributed by atoms with Crippen molar-refractivity contribution in [3.63, 3.8) is 0 Å². The summed E-state index contributed by atoms with van der Waals surface area (Å²) in [5.41, 5.74) is 3.33. The van der Waals surface area contributed by atoms with Gasteiger partial charge in [-0.05, 0) is 24.1 Å². The summed E-state index contributed by atoms with van der Waals surface area (Å²) in [6.07, 6.45) is 0.501. The minimum Gasteiger partial charge on any atom is -0.496 e. The number of alkyl halides is 1. The second-order valence-corrected chi connectivity index (χ2v) is 6.80. The quantitative estimate of drug-likeness (QED) is 0.457. The summed E-state index contributed by atoms with van der Waals surface area (Å²) in [5, 5.41) is 0.269. The summed E-state index contributed by atoms with van der Waals surface area (Å²) in [4.78, 5) is 8.28. The van der Waals surface area contributed by atoms with E-state index in [9.17, 15) is 4.21 Å². The maximum Gasteiger partial charge on any atom is 0.237 e. The number of aryl methyl sites for hydroxylation is 1. The van der Waals surface area contributed by atoms with Gasteiger partial charge in [-0.2, -0.15) is 0 Å². The number of hydrogen-bond donors (Lipinski definition) is 1. The molecule has 0 radical (unpaired) electrons. The maximum absolute atomic E-state index is 11.0. The first-order valence-corrected chi connectivity index (χ1v) is 9.43. The highest BCUT2D eigenvalue weighted by molar-refractivity contribution is 8.09. The van der Waals surface area contributed by atoms with Crippen molar-refractivity contribution < 1.29 is 8.95 Å². The summed E-state index contributed by atoms with van der Waals surface area (Å²) < 4.78 is 18.8. The summed E-state index contributed by atoms with van der Waals surface area (Å²) in [6.45, 7) is 1.80. The number of anilines is 1. The molecule has 124 valence electrons. The Kier molecular flexibility index (Phi) is 6.47. The molecule has 1 heterocycles. The van der Waals surface area contributed by atoms with Gasteiger partial charge >= 0.3 is 0 Å². The summed E-state index contributed by atoms with van der Waals surface area (Å²) in [6, 6.07) is 5.76. The monoisotopic (exact) mass is 393 g/mol. The molecule has 1 aromatic carbocycles. The normalized spacial score (nSPS) is 12.0. The van der Waals surface area contributed by atoms with Gasteiger partial charge in [-0.1, -0.05) is 23.7 Å². The third-order valence-electron chi connectivity index (χ3n) is 3.21. The Morgan fingerprint density at radius 2 is 2.09 bits per heavy atom. The first-order chi connectivity index (χ1) is 10.9. The number of ether oxygens (including phenoxy) is 1. The molecule has 0 aliphatic heterocycles. The van der Waals surface area contributed by atoms with Gasteiger partial charge in [-0.15, -0.1) is 11.6 Å². The van der Waals surface area contributed by atoms with Crippen molar-refractivity contribution in [2.45, 2.75) is 19.2 Å². The fourth-order valence-electron chi connectivity index (χ4n) is 2.09. The van der Waals surface area contributed by atoms with Crippen LogP contribution in [0.1, 0.15) is 22.4 Å². The summed E-state index contributed by atoms with van der Waals surface area (Å²) in [5.74, 6) is 1.26. The standard InChI is InChI=1S/C14H14Cl3N3O2S/c1-8-11(13(16)19-14(18-8)20-23(17)21)6-10-4-3-9(7-15)5-12(10)22-2/h3-5H,6-7H2,1-2H3,(H,18,19,20). The zero-order chi connectivity index (χ0) is 17.0. The average Bonchev–Trinajstić information content (AvgIpc) is 2.50. The number of hydrogen-bond acceptors (Lipinski definition) is 4. The number of nitrogens with zero attached hydrogens (tertiary/aromatic N) is 2. The van der Waals surface area contributed by atoms with Crippen molar-refractivity contribution in [1.29, 1.82) is 0 Å². The number of methoxy groups -OCH3 is 1. The van der Waals surface area contributed by atoms with Gasteiger partial charge in [0, 0.05) is 34.2 Å². The SMILES string of the molecule is COc1cc(CCl)ccc1Cc1c(C)nc(NS(=O)Cl)nc1Cl. The van der Waals surface area contributed by atoms with Crippen LogP contribution in [0.15, 0.2) is 18.2 Å². The van der Waals surface area contributed by atoms with Gasteiger partial charge < -0.3 is 4.74 Å². The van der Waals surface area contributed by atoms with Gasteiger partial charge in [0.05, 0.1) is 7.11 Å². The highest BCUT2D eigenvalue weighted by Gasteiger charge is 2.14. The fraction of sp³-hybridized carbons (Fsp3) is 0.286. The van der Waals surface area contributed by atoms with E-state index in [4.69, 9.17) is 38.6 Å². The Morgan fingerprint density at radius 1 is 1.35 bits per heavy atom. The molecule has 0 aliphatic carbocycles. The Hall–Kier alpha value is -1.08. The average molecular weight is 395 g/mol. The lowest BCUT2D eigenvalue weighted by molar-refractivity contribution is 0.410. The Labute approximate surface area is 151 Å². The third-order valence-corrected chi connectivity index (χ3v) is 4.40. The van der Waals surface area contributed by atoms with Gasteiger partial charge in [0.15, 0.2) is 0 Å². The second-order valence-electron chi connectivity index (χ2n) is 4.68. The van der Waals surface area contributed by atoms with Gasteiger partial charge in [0.25, 0.3) is 0 Å². The van der Waals surface area contributed by atoms with E-state index in [0.717, 1.165) is 22.4 Å². The molecule has 1 aromatic heterocycles. The van der Waals surface area contributed by atoms with Gasteiger partial charge in [-0.3, -0.25) is 4.72 Å². The molecule has 2 rings (SSSR count). The lowest BCUT2D eigenvalue weighted by atomic mass is 10.0. The predicted molar refractivity (Wildman–Crippen MR) is 94.8 cm³/mol. The largest absolute Gasteiger partial charge is 0.496 e. The summed E-state index contributed by atoms with van der Waals surface area (Å²) in [7, 11) is 5.19. The van der Waals surface area contributed by atoms with Gasteiger partial charge in [0.2, 0.25) is 16.1 Å². The second kappa shape index (κ2) is 8.15. The molecule has 1 atom stereocenters. The van der Waals surface area contributed by atoms with Gasteiger partial charge in [0.1, 0.15) is 10.9 Å². The van der Waals surface area contributed by atoms with Crippen LogP contribution >= 0.6 is 33.9 Å². The molecule has 9 heteroatoms. The first kappa shape index (κ1) is 18.3. The van der Waals surface area contributed by atoms with Crippen LogP contribution in [-0.2, 0) is 22.5 Å². The molecular weight excluding hydrogens is 381 g/mol. The van der Waals surface area contributed by atoms with Crippen molar-refractivity contribution in [1.82, 2.24) is 9.97 Å². The van der Waals surface area contributed by atoms with Crippen LogP contribution in [0.2, 0.25) is 5.15 Å². The predicted octanol–water partition coefficient (Wildman–Crippen LogP) is 4.01. The minimum absolute atomic E-state index is 0.119. The molecule has 0 saturated carbocycles. The topological polar surface area (TPSA) is 64.1 Å². The van der Waals surface area contributed by atoms with E-state index in [1.807, 2.05) is 18.2 Å². The van der Waals surface area contributed by atoms with Crippen molar-refractivity contribution in [2.75, 3.05) is 11.8 Å². The fourth-order valence-corrected chi connectivity index (χ4v) is 2.98. The lowest BCUT2D eigenvalue weighted by Gasteiger charge is -2.13. The number of halogens is 3. The van der Waals surface area contributed by atoms with Crippen LogP contribution in [-0.4, -0.2) is 21.3 Å². The number of nitrogens with one attached hydrogen (secondary N) is 1. The first-order valence-electron chi connectivity index (χ1n) is 6.54. The lowest BCUT2D eigenvalue weighted by Crippen LogP contribution is -2.07. The molecule has 0 fully saturated rings. The van der Waals surface area contributed by atoms with E-state index in [-0.39, 0.29) is 11.1 Å². The Balaban J connectivity index is 2.35. The van der Waals surface area contributed by atoms with E-state index in [0.29, 0.717) is 18.0 Å². The molecule has 0 bridgehead atoms. The summed E-state index contributed by atoms with van der Waals surface area (Å²) >= 11 is 12.1. The highest BCUT2D eigenvalue weighted by Crippen LogP contribution is 2.28. The molecule has 0 spiro atoms. The van der Waals surface area contributed by atoms with Crippen molar-refractivity contribution >= 4 is 50.0 Å². The molecule has 0 aliphatic rings. The minimum atomic E-state index is -1.78. The molecule has 5 nitrogen and oxygen atoms in total. The van der Waals surface area contributed by atoms with Crippen molar-refractivity contribution in [3.8, 4) is 5.75 Å². The van der Waals surface area contributed by atoms with Gasteiger partial charge in [-0.25, -0.2) is 14.2 Å². The molecule has 23 heavy (non-hydrogen) atoms. The molecule has 0 saturated heterocycles. The van der Waals surface area contributed by atoms with E-state index in [1.54, 1.807) is 14.0 Å². The molecule has 2 aromatic rings. The molecular formula is C14H14Cl3N3O2S. The Morgan fingerprint density at radius 3 is 2.65 bits per heavy atom. The maximum atomic E-state index is 11.0. The number of benzene rings is 1. The molecule has 1 unspecified atom stereocenters. The van der Waals surface area contributed by atoms with Crippen LogP contribution in [0, 0.1) is 6.92 Å². The van der Waals surface area contributed by atoms with Crippen molar-refractivity contribution in [2.24, 2.45) is 0 Å². The van der Waals surface area contributed by atoms with E-state index >= 15 is 0 Å². The zero-order valence-corrected chi connectivity index (χ0v) is 15.5. The highest BCUT2D eigenvalue weighted by atomic mass is 35.7. The van der Waals surface area contributed by atoms with Crippen LogP contribution in [0.4, 0.5) is 5.95 Å². The van der Waals surface area contributed by atoms with Crippen LogP contribution in [0.5, 0.6) is 5.75 Å². The zero-order valence-electron chi connectivity index (χ0n) is 12.4. The van der Waals surface area contributed by atoms with E-state index in [1.165, 1.54) is 0 Å². The molecule has 0 amide bonds. The van der Waals surface area contributed by atoms with Crippen LogP contribution in [0.25, 0.3) is 0 Å². The van der Waals surface area contributed by atoms with Crippen LogP contribution in [0.3, 0.4) is 0 Å². The third kappa shape index (κ3) is 4.70. The van der Waals surface area contributed by atoms with Crippen LogP contribution < -0.4 is 9.46 Å². The molecule has 1 N–H and O–H groups in total. The van der Waals surface area contributed by atoms with Crippen molar-refractivity contribution in [3.05, 3.63) is 45.7 Å². The van der Waals surface area contributed by atoms with E-state index < -0.39 is 10.2 Å². The number of rotatable bonds is 6. The smallest absolute Gasteiger partial charge is 0.237 e. The van der Waals surface area contributed by atoms with E-state index in [2.05, 4.69) is 14.7 Å².